The van der Waals surface area contributed by atoms with E-state index in [1.165, 1.54) is 0 Å². The number of ether oxygens (including phenoxy) is 5. The third-order valence-electron chi connectivity index (χ3n) is 5.00. The standard InChI is InChI=1S/C24H26O7/c1-4-5-20-14-21(31-24(26)17-8-12-19(28-3)13-9-17)22(30-20)15-29-23(25)16-6-10-18(27-2)11-7-16/h4,6-13,20-22H,1,5,14-15H2,2-3H3/t20-,21+,22-/m1/s1. The first-order valence-corrected chi connectivity index (χ1v) is 9.96. The summed E-state index contributed by atoms with van der Waals surface area (Å²) < 4.78 is 27.2. The van der Waals surface area contributed by atoms with Crippen molar-refractivity contribution in [2.45, 2.75) is 31.2 Å². The van der Waals surface area contributed by atoms with Crippen LogP contribution in [0.5, 0.6) is 11.5 Å². The monoisotopic (exact) mass is 426 g/mol. The van der Waals surface area contributed by atoms with Crippen LogP contribution in [0.4, 0.5) is 0 Å². The van der Waals surface area contributed by atoms with Crippen molar-refractivity contribution in [2.24, 2.45) is 0 Å². The minimum absolute atomic E-state index is 0.0287. The number of hydrogen-bond acceptors (Lipinski definition) is 7. The molecule has 1 saturated heterocycles. The van der Waals surface area contributed by atoms with Crippen LogP contribution in [0.25, 0.3) is 0 Å². The Bertz CT molecular complexity index is 889. The Morgan fingerprint density at radius 1 is 0.968 bits per heavy atom. The van der Waals surface area contributed by atoms with E-state index in [1.54, 1.807) is 68.8 Å². The molecular formula is C24H26O7. The molecule has 3 rings (SSSR count). The lowest BCUT2D eigenvalue weighted by molar-refractivity contribution is -0.0416. The van der Waals surface area contributed by atoms with E-state index in [0.717, 1.165) is 0 Å². The van der Waals surface area contributed by atoms with E-state index < -0.39 is 24.1 Å². The Morgan fingerprint density at radius 3 is 2.03 bits per heavy atom. The highest BCUT2D eigenvalue weighted by Crippen LogP contribution is 2.27. The summed E-state index contributed by atoms with van der Waals surface area (Å²) >= 11 is 0. The second-order valence-corrected chi connectivity index (χ2v) is 7.06. The fourth-order valence-corrected chi connectivity index (χ4v) is 3.31. The maximum atomic E-state index is 12.6. The zero-order valence-corrected chi connectivity index (χ0v) is 17.6. The highest BCUT2D eigenvalue weighted by molar-refractivity contribution is 5.90. The number of carbonyl (C=O) groups excluding carboxylic acids is 2. The third-order valence-corrected chi connectivity index (χ3v) is 5.00. The van der Waals surface area contributed by atoms with Gasteiger partial charge in [0.2, 0.25) is 0 Å². The Labute approximate surface area is 181 Å². The highest BCUT2D eigenvalue weighted by Gasteiger charge is 2.38. The van der Waals surface area contributed by atoms with Gasteiger partial charge < -0.3 is 23.7 Å². The van der Waals surface area contributed by atoms with E-state index >= 15 is 0 Å². The molecule has 0 saturated carbocycles. The second kappa shape index (κ2) is 10.6. The maximum absolute atomic E-state index is 12.6. The summed E-state index contributed by atoms with van der Waals surface area (Å²) in [6.07, 6.45) is 1.60. The van der Waals surface area contributed by atoms with E-state index in [4.69, 9.17) is 23.7 Å². The normalized spacial score (nSPS) is 20.0. The van der Waals surface area contributed by atoms with E-state index in [-0.39, 0.29) is 12.7 Å². The largest absolute Gasteiger partial charge is 0.497 e. The van der Waals surface area contributed by atoms with Crippen molar-refractivity contribution in [3.05, 3.63) is 72.3 Å². The predicted molar refractivity (Wildman–Crippen MR) is 114 cm³/mol. The highest BCUT2D eigenvalue weighted by atomic mass is 16.6. The van der Waals surface area contributed by atoms with Crippen molar-refractivity contribution in [3.8, 4) is 11.5 Å². The molecule has 0 unspecified atom stereocenters. The topological polar surface area (TPSA) is 80.3 Å². The van der Waals surface area contributed by atoms with Crippen LogP contribution < -0.4 is 9.47 Å². The first-order chi connectivity index (χ1) is 15.0. The van der Waals surface area contributed by atoms with Gasteiger partial charge in [0.05, 0.1) is 31.5 Å². The lowest BCUT2D eigenvalue weighted by Crippen LogP contribution is -2.32. The van der Waals surface area contributed by atoms with Crippen LogP contribution in [0.3, 0.4) is 0 Å². The lowest BCUT2D eigenvalue weighted by atomic mass is 10.1. The van der Waals surface area contributed by atoms with E-state index in [2.05, 4.69) is 6.58 Å². The van der Waals surface area contributed by atoms with Gasteiger partial charge in [-0.25, -0.2) is 9.59 Å². The van der Waals surface area contributed by atoms with Gasteiger partial charge in [-0.3, -0.25) is 0 Å². The van der Waals surface area contributed by atoms with Crippen LogP contribution in [0.2, 0.25) is 0 Å². The molecule has 164 valence electrons. The molecule has 1 heterocycles. The smallest absolute Gasteiger partial charge is 0.338 e. The molecule has 2 aromatic carbocycles. The van der Waals surface area contributed by atoms with Gasteiger partial charge in [-0.2, -0.15) is 0 Å². The Morgan fingerprint density at radius 2 is 1.52 bits per heavy atom. The van der Waals surface area contributed by atoms with Crippen molar-refractivity contribution in [1.82, 2.24) is 0 Å². The number of hydrogen-bond donors (Lipinski definition) is 0. The van der Waals surface area contributed by atoms with Gasteiger partial charge in [0.15, 0.2) is 0 Å². The van der Waals surface area contributed by atoms with Gasteiger partial charge in [-0.05, 0) is 55.0 Å². The van der Waals surface area contributed by atoms with Crippen molar-refractivity contribution < 1.29 is 33.3 Å². The average Bonchev–Trinajstić information content (AvgIpc) is 3.18. The fraction of sp³-hybridized carbons (Fsp3) is 0.333. The number of rotatable bonds is 9. The summed E-state index contributed by atoms with van der Waals surface area (Å²) in [4.78, 5) is 24.9. The molecule has 0 bridgehead atoms. The zero-order chi connectivity index (χ0) is 22.2. The summed E-state index contributed by atoms with van der Waals surface area (Å²) in [6, 6.07) is 13.3. The first-order valence-electron chi connectivity index (χ1n) is 9.96. The van der Waals surface area contributed by atoms with Crippen molar-refractivity contribution in [3.63, 3.8) is 0 Å². The summed E-state index contributed by atoms with van der Waals surface area (Å²) in [5.74, 6) is 0.337. The van der Waals surface area contributed by atoms with Crippen LogP contribution >= 0.6 is 0 Å². The van der Waals surface area contributed by atoms with Gasteiger partial charge in [0.25, 0.3) is 0 Å². The molecule has 1 aliphatic rings. The Balaban J connectivity index is 1.62. The van der Waals surface area contributed by atoms with Crippen molar-refractivity contribution >= 4 is 11.9 Å². The molecule has 1 aliphatic heterocycles. The quantitative estimate of drug-likeness (QED) is 0.445. The molecule has 7 heteroatoms. The molecule has 0 aliphatic carbocycles. The molecule has 7 nitrogen and oxygen atoms in total. The molecule has 0 radical (unpaired) electrons. The van der Waals surface area contributed by atoms with E-state index in [1.807, 2.05) is 0 Å². The van der Waals surface area contributed by atoms with Crippen LogP contribution in [0, 0.1) is 0 Å². The molecule has 1 fully saturated rings. The SMILES string of the molecule is C=CC[C@@H]1C[C@H](OC(=O)c2ccc(OC)cc2)[C@@H](COC(=O)c2ccc(OC)cc2)O1. The molecule has 31 heavy (non-hydrogen) atoms. The van der Waals surface area contributed by atoms with Crippen molar-refractivity contribution in [1.29, 1.82) is 0 Å². The first kappa shape index (κ1) is 22.4. The summed E-state index contributed by atoms with van der Waals surface area (Å²) in [7, 11) is 3.11. The van der Waals surface area contributed by atoms with Gasteiger partial charge in [0.1, 0.15) is 30.3 Å². The Kier molecular flexibility index (Phi) is 7.67. The zero-order valence-electron chi connectivity index (χ0n) is 17.6. The number of benzene rings is 2. The van der Waals surface area contributed by atoms with Crippen LogP contribution in [0.1, 0.15) is 33.6 Å². The lowest BCUT2D eigenvalue weighted by Gasteiger charge is -2.19. The molecule has 2 aromatic rings. The molecular weight excluding hydrogens is 400 g/mol. The number of methoxy groups -OCH3 is 2. The van der Waals surface area contributed by atoms with Gasteiger partial charge >= 0.3 is 11.9 Å². The van der Waals surface area contributed by atoms with Crippen LogP contribution in [-0.4, -0.2) is 51.1 Å². The average molecular weight is 426 g/mol. The molecule has 3 atom stereocenters. The van der Waals surface area contributed by atoms with E-state index in [0.29, 0.717) is 35.5 Å². The Hall–Kier alpha value is -3.32. The van der Waals surface area contributed by atoms with Crippen LogP contribution in [0.15, 0.2) is 61.2 Å². The van der Waals surface area contributed by atoms with Crippen molar-refractivity contribution in [2.75, 3.05) is 20.8 Å². The third kappa shape index (κ3) is 5.86. The summed E-state index contributed by atoms with van der Waals surface area (Å²) in [6.45, 7) is 3.70. The summed E-state index contributed by atoms with van der Waals surface area (Å²) in [5, 5.41) is 0. The summed E-state index contributed by atoms with van der Waals surface area (Å²) in [5.41, 5.74) is 0.801. The predicted octanol–water partition coefficient (Wildman–Crippen LogP) is 3.82. The van der Waals surface area contributed by atoms with Crippen LogP contribution in [-0.2, 0) is 14.2 Å². The van der Waals surface area contributed by atoms with Gasteiger partial charge in [-0.15, -0.1) is 6.58 Å². The molecule has 0 aromatic heterocycles. The van der Waals surface area contributed by atoms with Gasteiger partial charge in [0, 0.05) is 6.42 Å². The van der Waals surface area contributed by atoms with Gasteiger partial charge in [-0.1, -0.05) is 6.08 Å². The minimum atomic E-state index is -0.561. The number of carbonyl (C=O) groups is 2. The number of esters is 2. The van der Waals surface area contributed by atoms with E-state index in [9.17, 15) is 9.59 Å². The fourth-order valence-electron chi connectivity index (χ4n) is 3.31. The maximum Gasteiger partial charge on any atom is 0.338 e. The minimum Gasteiger partial charge on any atom is -0.497 e. The second-order valence-electron chi connectivity index (χ2n) is 7.06. The molecule has 0 amide bonds. The molecule has 0 N–H and O–H groups in total. The molecule has 0 spiro atoms.